The second-order valence-electron chi connectivity index (χ2n) is 13.8. The molecule has 2 bridgehead atoms. The van der Waals surface area contributed by atoms with E-state index in [-0.39, 0.29) is 31.9 Å². The van der Waals surface area contributed by atoms with Gasteiger partial charge in [0.1, 0.15) is 22.8 Å². The van der Waals surface area contributed by atoms with E-state index in [4.69, 9.17) is 14.0 Å². The third kappa shape index (κ3) is 6.10. The van der Waals surface area contributed by atoms with Crippen LogP contribution in [0.1, 0.15) is 54.0 Å². The van der Waals surface area contributed by atoms with Gasteiger partial charge >= 0.3 is 19.2 Å². The van der Waals surface area contributed by atoms with E-state index in [2.05, 4.69) is 5.32 Å². The van der Waals surface area contributed by atoms with Gasteiger partial charge in [-0.15, -0.1) is 0 Å². The van der Waals surface area contributed by atoms with Gasteiger partial charge in [0, 0.05) is 49.8 Å². The lowest BCUT2D eigenvalue weighted by Gasteiger charge is -2.55. The monoisotopic (exact) mass is 599 g/mol. The Labute approximate surface area is 251 Å². The van der Waals surface area contributed by atoms with Gasteiger partial charge < -0.3 is 34.3 Å². The highest BCUT2D eigenvalue weighted by Crippen LogP contribution is 2.46. The highest BCUT2D eigenvalue weighted by atomic mass is 19.1. The Balaban J connectivity index is 1.40. The molecule has 2 aromatic carbocycles. The minimum Gasteiger partial charge on any atom is -0.444 e. The Morgan fingerprint density at radius 3 is 1.88 bits per heavy atom. The van der Waals surface area contributed by atoms with E-state index in [0.29, 0.717) is 5.56 Å². The molecular formula is C31H40BF2N3O6. The highest BCUT2D eigenvalue weighted by Gasteiger charge is 2.56. The maximum Gasteiger partial charge on any atom is 0.494 e. The third-order valence-corrected chi connectivity index (χ3v) is 8.96. The Morgan fingerprint density at radius 1 is 0.907 bits per heavy atom. The lowest BCUT2D eigenvalue weighted by atomic mass is 9.66. The number of halogens is 2. The summed E-state index contributed by atoms with van der Waals surface area (Å²) in [7, 11) is -0.561. The largest absolute Gasteiger partial charge is 0.494 e. The molecule has 3 aliphatic heterocycles. The van der Waals surface area contributed by atoms with Crippen LogP contribution < -0.4 is 10.8 Å². The van der Waals surface area contributed by atoms with E-state index in [1.807, 2.05) is 52.0 Å². The van der Waals surface area contributed by atoms with Gasteiger partial charge in [-0.1, -0.05) is 24.3 Å². The lowest BCUT2D eigenvalue weighted by molar-refractivity contribution is -0.154. The van der Waals surface area contributed by atoms with Crippen LogP contribution in [0.3, 0.4) is 0 Å². The zero-order valence-electron chi connectivity index (χ0n) is 25.7. The van der Waals surface area contributed by atoms with Crippen LogP contribution in [0.25, 0.3) is 0 Å². The zero-order chi connectivity index (χ0) is 31.5. The highest BCUT2D eigenvalue weighted by molar-refractivity contribution is 6.62. The van der Waals surface area contributed by atoms with Gasteiger partial charge in [-0.05, 0) is 71.6 Å². The van der Waals surface area contributed by atoms with Crippen LogP contribution in [0.5, 0.6) is 0 Å². The summed E-state index contributed by atoms with van der Waals surface area (Å²) < 4.78 is 45.4. The van der Waals surface area contributed by atoms with Crippen LogP contribution in [-0.4, -0.2) is 77.1 Å². The number of amides is 3. The summed E-state index contributed by atoms with van der Waals surface area (Å²) >= 11 is 0. The quantitative estimate of drug-likeness (QED) is 0.505. The third-order valence-electron chi connectivity index (χ3n) is 8.96. The fourth-order valence-electron chi connectivity index (χ4n) is 6.05. The molecule has 0 aromatic heterocycles. The number of urea groups is 1. The number of hydrogen-bond acceptors (Lipinski definition) is 6. The fourth-order valence-corrected chi connectivity index (χ4v) is 6.05. The summed E-state index contributed by atoms with van der Waals surface area (Å²) in [6.07, 6.45) is -0.492. The first-order chi connectivity index (χ1) is 19.9. The molecule has 5 rings (SSSR count). The van der Waals surface area contributed by atoms with Gasteiger partial charge in [0.2, 0.25) is 0 Å². The first-order valence-corrected chi connectivity index (χ1v) is 14.6. The molecule has 3 fully saturated rings. The maximum absolute atomic E-state index is 13.7. The van der Waals surface area contributed by atoms with E-state index < -0.39 is 65.1 Å². The molecule has 2 unspecified atom stereocenters. The van der Waals surface area contributed by atoms with E-state index >= 15 is 0 Å². The van der Waals surface area contributed by atoms with Crippen molar-refractivity contribution in [1.82, 2.24) is 9.80 Å². The van der Waals surface area contributed by atoms with Crippen molar-refractivity contribution in [1.29, 1.82) is 0 Å². The summed E-state index contributed by atoms with van der Waals surface area (Å²) in [5.74, 6) is -2.77. The molecule has 3 saturated heterocycles. The molecule has 9 nitrogen and oxygen atoms in total. The number of benzene rings is 2. The molecule has 2 aromatic rings. The zero-order valence-corrected chi connectivity index (χ0v) is 25.7. The van der Waals surface area contributed by atoms with Crippen molar-refractivity contribution in [3.8, 4) is 0 Å². The van der Waals surface area contributed by atoms with Gasteiger partial charge in [0.05, 0.1) is 11.2 Å². The van der Waals surface area contributed by atoms with Crippen LogP contribution in [0, 0.1) is 23.5 Å². The molecule has 2 atom stereocenters. The molecule has 0 aliphatic carbocycles. The van der Waals surface area contributed by atoms with Crippen LogP contribution in [0.2, 0.25) is 0 Å². The molecule has 3 aliphatic rings. The van der Waals surface area contributed by atoms with E-state index in [1.165, 1.54) is 4.90 Å². The maximum atomic E-state index is 13.7. The predicted molar refractivity (Wildman–Crippen MR) is 158 cm³/mol. The number of ether oxygens (including phenoxy) is 1. The van der Waals surface area contributed by atoms with Crippen LogP contribution >= 0.6 is 0 Å². The van der Waals surface area contributed by atoms with Crippen molar-refractivity contribution in [2.24, 2.45) is 11.8 Å². The first kappa shape index (κ1) is 31.2. The van der Waals surface area contributed by atoms with Gasteiger partial charge in [-0.3, -0.25) is 0 Å². The summed E-state index contributed by atoms with van der Waals surface area (Å²) in [5, 5.41) is 14.9. The number of piperidine rings is 2. The lowest BCUT2D eigenvalue weighted by Crippen LogP contribution is -2.67. The van der Waals surface area contributed by atoms with Gasteiger partial charge in [-0.2, -0.15) is 0 Å². The smallest absolute Gasteiger partial charge is 0.444 e. The van der Waals surface area contributed by atoms with Crippen LogP contribution in [0.4, 0.5) is 24.1 Å². The summed E-state index contributed by atoms with van der Waals surface area (Å²) in [4.78, 5) is 29.3. The van der Waals surface area contributed by atoms with Crippen molar-refractivity contribution in [3.05, 3.63) is 59.7 Å². The number of nitrogens with zero attached hydrogens (tertiary/aromatic N) is 2. The molecule has 0 spiro atoms. The number of carbonyl (C=O) groups is 2. The summed E-state index contributed by atoms with van der Waals surface area (Å²) in [6.45, 7) is 13.8. The van der Waals surface area contributed by atoms with Crippen molar-refractivity contribution < 1.29 is 37.5 Å². The van der Waals surface area contributed by atoms with Crippen molar-refractivity contribution >= 4 is 30.4 Å². The van der Waals surface area contributed by atoms with Crippen LogP contribution in [-0.2, 0) is 19.6 Å². The van der Waals surface area contributed by atoms with E-state index in [1.54, 1.807) is 25.7 Å². The van der Waals surface area contributed by atoms with Crippen molar-refractivity contribution in [2.75, 3.05) is 31.5 Å². The molecule has 0 saturated carbocycles. The van der Waals surface area contributed by atoms with Crippen LogP contribution in [0.15, 0.2) is 42.5 Å². The number of anilines is 1. The minimum absolute atomic E-state index is 0.0119. The SMILES string of the molecule is CC(C)(C)OC(=O)N1CC2CN(C(=O)Nc3cc(F)cc(F)c3)CC(C1)C2(O)c1ccc(B2OC(C)(C)C(C)(C)O2)cc1. The predicted octanol–water partition coefficient (Wildman–Crippen LogP) is 4.48. The molecular weight excluding hydrogens is 559 g/mol. The second-order valence-corrected chi connectivity index (χ2v) is 13.8. The van der Waals surface area contributed by atoms with Crippen molar-refractivity contribution in [2.45, 2.75) is 70.9 Å². The molecule has 12 heteroatoms. The number of fused-ring (bicyclic) bond motifs is 2. The molecule has 232 valence electrons. The Hall–Kier alpha value is -3.22. The van der Waals surface area contributed by atoms with E-state index in [9.17, 15) is 23.5 Å². The molecule has 3 heterocycles. The summed E-state index contributed by atoms with van der Waals surface area (Å²) in [6, 6.07) is 9.67. The van der Waals surface area contributed by atoms with Gasteiger partial charge in [-0.25, -0.2) is 18.4 Å². The number of aliphatic hydroxyl groups is 1. The topological polar surface area (TPSA) is 101 Å². The normalized spacial score (nSPS) is 26.3. The minimum atomic E-state index is -1.37. The van der Waals surface area contributed by atoms with Crippen molar-refractivity contribution in [3.63, 3.8) is 0 Å². The number of rotatable bonds is 3. The second kappa shape index (κ2) is 10.7. The Morgan fingerprint density at radius 2 is 1.40 bits per heavy atom. The van der Waals surface area contributed by atoms with Gasteiger partial charge in [0.25, 0.3) is 0 Å². The fraction of sp³-hybridized carbons (Fsp3) is 0.548. The number of hydrogen-bond donors (Lipinski definition) is 2. The Kier molecular flexibility index (Phi) is 7.80. The molecule has 2 N–H and O–H groups in total. The number of carbonyl (C=O) groups excluding carboxylic acids is 2. The average Bonchev–Trinajstić information content (AvgIpc) is 3.08. The summed E-state index contributed by atoms with van der Waals surface area (Å²) in [5.41, 5.74) is -1.61. The first-order valence-electron chi connectivity index (χ1n) is 14.6. The average molecular weight is 599 g/mol. The Bertz CT molecular complexity index is 1340. The molecule has 43 heavy (non-hydrogen) atoms. The molecule has 3 amide bonds. The molecule has 0 radical (unpaired) electrons. The number of nitrogens with one attached hydrogen (secondary N) is 1. The van der Waals surface area contributed by atoms with Gasteiger partial charge in [0.15, 0.2) is 0 Å². The number of likely N-dealkylation sites (tertiary alicyclic amines) is 2. The van der Waals surface area contributed by atoms with E-state index in [0.717, 1.165) is 23.7 Å². The standard InChI is InChI=1S/C31H40BF2N3O6/c1-28(2,3)41-27(39)37-17-20-15-36(26(38)35-25-13-23(33)12-24(34)14-25)16-21(18-37)31(20,40)19-8-10-22(11-9-19)32-42-29(4,5)30(6,7)43-32/h8-14,20-21,40H,15-18H2,1-7H3,(H,35,38).